The Morgan fingerprint density at radius 1 is 0.971 bits per heavy atom. The summed E-state index contributed by atoms with van der Waals surface area (Å²) in [5.74, 6) is 5.36. The predicted octanol–water partition coefficient (Wildman–Crippen LogP) is 7.52. The molecule has 0 aromatic heterocycles. The molecule has 4 nitrogen and oxygen atoms in total. The average Bonchev–Trinajstić information content (AvgIpc) is 3.13. The van der Waals surface area contributed by atoms with E-state index in [0.29, 0.717) is 17.4 Å². The maximum Gasteiger partial charge on any atom is 0.407 e. The van der Waals surface area contributed by atoms with Crippen LogP contribution in [0.4, 0.5) is 4.79 Å². The van der Waals surface area contributed by atoms with Crippen LogP contribution in [0.5, 0.6) is 0 Å². The molecule has 0 saturated heterocycles. The quantitative estimate of drug-likeness (QED) is 0.341. The second-order valence-electron chi connectivity index (χ2n) is 14.2. The number of carbonyl (C=O) groups is 1. The Morgan fingerprint density at radius 2 is 1.71 bits per heavy atom. The summed E-state index contributed by atoms with van der Waals surface area (Å²) in [5, 5.41) is 2.94. The van der Waals surface area contributed by atoms with E-state index in [9.17, 15) is 4.79 Å². The molecule has 0 aliphatic heterocycles. The SMILES string of the molecule is CC(C)CCCCC1CCC2C3CCC4CC(OC(=O)NCCN(C)C)CCC4(C)C3CCC12C. The summed E-state index contributed by atoms with van der Waals surface area (Å²) in [4.78, 5) is 14.4. The van der Waals surface area contributed by atoms with Crippen LogP contribution in [0.2, 0.25) is 0 Å². The Kier molecular flexibility index (Phi) is 8.82. The number of nitrogens with zero attached hydrogens (tertiary/aromatic N) is 1. The van der Waals surface area contributed by atoms with Gasteiger partial charge in [0.1, 0.15) is 6.10 Å². The average molecular weight is 489 g/mol. The predicted molar refractivity (Wildman–Crippen MR) is 145 cm³/mol. The minimum absolute atomic E-state index is 0.111. The molecule has 4 fully saturated rings. The van der Waals surface area contributed by atoms with Crippen molar-refractivity contribution in [2.24, 2.45) is 46.3 Å². The number of hydrogen-bond donors (Lipinski definition) is 1. The first-order valence-electron chi connectivity index (χ1n) is 15.2. The van der Waals surface area contributed by atoms with Crippen molar-refractivity contribution in [1.29, 1.82) is 0 Å². The van der Waals surface area contributed by atoms with Crippen molar-refractivity contribution in [1.82, 2.24) is 10.2 Å². The standard InChI is InChI=1S/C31H56N2O2/c1-22(2)9-7-8-10-23-12-14-27-26-13-11-24-21-25(35-29(34)32-19-20-33(5)6)15-17-31(24,4)28(26)16-18-30(23,27)3/h22-28H,7-21H2,1-6H3,(H,32,34). The molecule has 4 saturated carbocycles. The number of fused-ring (bicyclic) bond motifs is 5. The van der Waals surface area contributed by atoms with Gasteiger partial charge >= 0.3 is 6.09 Å². The largest absolute Gasteiger partial charge is 0.446 e. The van der Waals surface area contributed by atoms with Crippen molar-refractivity contribution in [3.63, 3.8) is 0 Å². The Morgan fingerprint density at radius 3 is 2.46 bits per heavy atom. The highest BCUT2D eigenvalue weighted by molar-refractivity contribution is 5.67. The normalized spacial score (nSPS) is 40.8. The van der Waals surface area contributed by atoms with Gasteiger partial charge in [-0.1, -0.05) is 47.0 Å². The molecule has 4 heteroatoms. The number of hydrogen-bond acceptors (Lipinski definition) is 3. The van der Waals surface area contributed by atoms with Gasteiger partial charge in [-0.3, -0.25) is 0 Å². The van der Waals surface area contributed by atoms with Crippen LogP contribution >= 0.6 is 0 Å². The number of rotatable bonds is 9. The summed E-state index contributed by atoms with van der Waals surface area (Å²) >= 11 is 0. The summed E-state index contributed by atoms with van der Waals surface area (Å²) in [6.45, 7) is 11.6. The maximum atomic E-state index is 12.3. The first kappa shape index (κ1) is 27.3. The van der Waals surface area contributed by atoms with E-state index in [1.165, 1.54) is 70.6 Å². The molecule has 0 aromatic rings. The van der Waals surface area contributed by atoms with E-state index >= 15 is 0 Å². The molecule has 0 aromatic carbocycles. The molecule has 1 amide bonds. The van der Waals surface area contributed by atoms with Gasteiger partial charge in [0.15, 0.2) is 0 Å². The Bertz CT molecular complexity index is 708. The Hall–Kier alpha value is -0.770. The third kappa shape index (κ3) is 5.88. The molecular weight excluding hydrogens is 432 g/mol. The minimum Gasteiger partial charge on any atom is -0.446 e. The van der Waals surface area contributed by atoms with E-state index in [0.717, 1.165) is 54.9 Å². The monoisotopic (exact) mass is 488 g/mol. The highest BCUT2D eigenvalue weighted by Crippen LogP contribution is 2.68. The molecule has 4 rings (SSSR count). The molecule has 202 valence electrons. The number of carbonyl (C=O) groups excluding carboxylic acids is 1. The van der Waals surface area contributed by atoms with Crippen molar-refractivity contribution in [3.05, 3.63) is 0 Å². The van der Waals surface area contributed by atoms with E-state index in [4.69, 9.17) is 4.74 Å². The Balaban J connectivity index is 1.31. The summed E-state index contributed by atoms with van der Waals surface area (Å²) in [7, 11) is 4.05. The number of ether oxygens (including phenoxy) is 1. The van der Waals surface area contributed by atoms with Crippen LogP contribution in [0, 0.1) is 46.3 Å². The zero-order valence-corrected chi connectivity index (χ0v) is 23.9. The van der Waals surface area contributed by atoms with Crippen molar-refractivity contribution >= 4 is 6.09 Å². The van der Waals surface area contributed by atoms with Gasteiger partial charge in [0, 0.05) is 13.1 Å². The lowest BCUT2D eigenvalue weighted by atomic mass is 9.44. The van der Waals surface area contributed by atoms with E-state index in [-0.39, 0.29) is 12.2 Å². The third-order valence-electron chi connectivity index (χ3n) is 11.5. The maximum absolute atomic E-state index is 12.3. The fourth-order valence-electron chi connectivity index (χ4n) is 9.43. The van der Waals surface area contributed by atoms with Crippen molar-refractivity contribution in [2.45, 2.75) is 117 Å². The number of likely N-dealkylation sites (N-methyl/N-ethyl adjacent to an activating group) is 1. The lowest BCUT2D eigenvalue weighted by molar-refractivity contribution is -0.127. The number of amides is 1. The number of nitrogens with one attached hydrogen (secondary N) is 1. The minimum atomic E-state index is -0.215. The molecule has 8 unspecified atom stereocenters. The topological polar surface area (TPSA) is 41.6 Å². The first-order valence-corrected chi connectivity index (χ1v) is 15.2. The molecule has 0 bridgehead atoms. The summed E-state index contributed by atoms with van der Waals surface area (Å²) < 4.78 is 5.90. The smallest absolute Gasteiger partial charge is 0.407 e. The molecule has 0 radical (unpaired) electrons. The molecule has 0 heterocycles. The molecular formula is C31H56N2O2. The second kappa shape index (κ2) is 11.3. The molecule has 4 aliphatic rings. The second-order valence-corrected chi connectivity index (χ2v) is 14.2. The van der Waals surface area contributed by atoms with Gasteiger partial charge in [-0.05, 0) is 125 Å². The molecule has 1 N–H and O–H groups in total. The fraction of sp³-hybridized carbons (Fsp3) is 0.968. The lowest BCUT2D eigenvalue weighted by Gasteiger charge is -2.61. The van der Waals surface area contributed by atoms with Crippen LogP contribution in [0.1, 0.15) is 111 Å². The van der Waals surface area contributed by atoms with Crippen molar-refractivity contribution in [2.75, 3.05) is 27.2 Å². The molecule has 0 spiro atoms. The molecule has 35 heavy (non-hydrogen) atoms. The van der Waals surface area contributed by atoms with Crippen LogP contribution in [0.15, 0.2) is 0 Å². The Labute approximate surface area is 216 Å². The fourth-order valence-corrected chi connectivity index (χ4v) is 9.43. The van der Waals surface area contributed by atoms with Crippen molar-refractivity contribution in [3.8, 4) is 0 Å². The summed E-state index contributed by atoms with van der Waals surface area (Å²) in [6.07, 6.45) is 17.7. The zero-order valence-electron chi connectivity index (χ0n) is 23.9. The molecule has 4 aliphatic carbocycles. The third-order valence-corrected chi connectivity index (χ3v) is 11.5. The first-order chi connectivity index (χ1) is 16.6. The van der Waals surface area contributed by atoms with E-state index in [2.05, 4.69) is 37.9 Å². The van der Waals surface area contributed by atoms with Gasteiger partial charge in [-0.25, -0.2) is 4.79 Å². The molecule has 8 atom stereocenters. The van der Waals surface area contributed by atoms with Gasteiger partial charge < -0.3 is 15.0 Å². The van der Waals surface area contributed by atoms with Crippen LogP contribution in [-0.2, 0) is 4.74 Å². The van der Waals surface area contributed by atoms with Gasteiger partial charge in [0.05, 0.1) is 0 Å². The van der Waals surface area contributed by atoms with Gasteiger partial charge in [-0.15, -0.1) is 0 Å². The highest BCUT2D eigenvalue weighted by Gasteiger charge is 2.60. The van der Waals surface area contributed by atoms with Gasteiger partial charge in [-0.2, -0.15) is 0 Å². The number of alkyl carbamates (subject to hydrolysis) is 1. The van der Waals surface area contributed by atoms with Crippen molar-refractivity contribution < 1.29 is 9.53 Å². The highest BCUT2D eigenvalue weighted by atomic mass is 16.6. The van der Waals surface area contributed by atoms with Crippen LogP contribution in [0.25, 0.3) is 0 Å². The summed E-state index contributed by atoms with van der Waals surface area (Å²) in [5.41, 5.74) is 1.06. The van der Waals surface area contributed by atoms with Crippen LogP contribution in [-0.4, -0.2) is 44.3 Å². The van der Waals surface area contributed by atoms with E-state index in [1.807, 2.05) is 14.1 Å². The van der Waals surface area contributed by atoms with Crippen LogP contribution in [0.3, 0.4) is 0 Å². The van der Waals surface area contributed by atoms with Gasteiger partial charge in [0.2, 0.25) is 0 Å². The van der Waals surface area contributed by atoms with Crippen LogP contribution < -0.4 is 5.32 Å². The zero-order chi connectivity index (χ0) is 25.2. The van der Waals surface area contributed by atoms with E-state index in [1.54, 1.807) is 0 Å². The van der Waals surface area contributed by atoms with Gasteiger partial charge in [0.25, 0.3) is 0 Å². The lowest BCUT2D eigenvalue weighted by Crippen LogP contribution is -2.54. The number of unbranched alkanes of at least 4 members (excludes halogenated alkanes) is 1. The summed E-state index contributed by atoms with van der Waals surface area (Å²) in [6, 6.07) is 0. The van der Waals surface area contributed by atoms with E-state index < -0.39 is 0 Å².